The summed E-state index contributed by atoms with van der Waals surface area (Å²) in [5, 5.41) is 36.7. The van der Waals surface area contributed by atoms with Gasteiger partial charge >= 0.3 is 0 Å². The van der Waals surface area contributed by atoms with Crippen LogP contribution in [-0.2, 0) is 20.7 Å². The molecular weight excluding hydrogens is 460 g/mol. The van der Waals surface area contributed by atoms with Crippen LogP contribution < -0.4 is 10.6 Å². The van der Waals surface area contributed by atoms with E-state index in [9.17, 15) is 24.9 Å². The minimum Gasteiger partial charge on any atom is -0.387 e. The molecule has 0 spiro atoms. The SMILES string of the molecule is CO[C@@H](C(=O)NC1CCc2cc(-c3ccccc3)ccc2NC1=O)[C@H](O)[C@@H](O)[C@H](O)C=CC(C)(C)C. The van der Waals surface area contributed by atoms with Crippen LogP contribution >= 0.6 is 0 Å². The Morgan fingerprint density at radius 3 is 2.42 bits per heavy atom. The van der Waals surface area contributed by atoms with Crippen molar-refractivity contribution in [3.8, 4) is 11.1 Å². The molecule has 2 amide bonds. The number of aryl methyl sites for hydroxylation is 1. The Morgan fingerprint density at radius 2 is 1.78 bits per heavy atom. The number of allylic oxidation sites excluding steroid dienone is 1. The Bertz CT molecular complexity index is 1080. The molecule has 0 saturated carbocycles. The predicted molar refractivity (Wildman–Crippen MR) is 138 cm³/mol. The number of rotatable bonds is 8. The number of aliphatic hydroxyl groups is 3. The Labute approximate surface area is 212 Å². The van der Waals surface area contributed by atoms with Crippen LogP contribution in [0.4, 0.5) is 5.69 Å². The molecule has 2 aromatic carbocycles. The van der Waals surface area contributed by atoms with Crippen molar-refractivity contribution in [2.24, 2.45) is 5.41 Å². The second-order valence-corrected chi connectivity index (χ2v) is 10.2. The first kappa shape index (κ1) is 27.5. The average molecular weight is 497 g/mol. The fraction of sp³-hybridized carbons (Fsp3) is 0.429. The van der Waals surface area contributed by atoms with Crippen LogP contribution in [0.1, 0.15) is 32.8 Å². The van der Waals surface area contributed by atoms with Crippen molar-refractivity contribution < 1.29 is 29.6 Å². The second-order valence-electron chi connectivity index (χ2n) is 10.2. The van der Waals surface area contributed by atoms with Crippen molar-refractivity contribution in [3.05, 3.63) is 66.2 Å². The van der Waals surface area contributed by atoms with E-state index >= 15 is 0 Å². The zero-order chi connectivity index (χ0) is 26.5. The third-order valence-electron chi connectivity index (χ3n) is 6.12. The number of hydrogen-bond acceptors (Lipinski definition) is 6. The molecule has 1 unspecified atom stereocenters. The van der Waals surface area contributed by atoms with Crippen LogP contribution in [0.2, 0.25) is 0 Å². The molecule has 5 atom stereocenters. The van der Waals surface area contributed by atoms with Crippen molar-refractivity contribution in [1.82, 2.24) is 5.32 Å². The maximum atomic E-state index is 12.9. The highest BCUT2D eigenvalue weighted by Gasteiger charge is 2.37. The van der Waals surface area contributed by atoms with Gasteiger partial charge in [-0.3, -0.25) is 9.59 Å². The summed E-state index contributed by atoms with van der Waals surface area (Å²) in [6, 6.07) is 14.9. The lowest BCUT2D eigenvalue weighted by Gasteiger charge is -2.28. The number of amides is 2. The van der Waals surface area contributed by atoms with Gasteiger partial charge in [-0.05, 0) is 47.1 Å². The maximum Gasteiger partial charge on any atom is 0.252 e. The van der Waals surface area contributed by atoms with Crippen molar-refractivity contribution in [3.63, 3.8) is 0 Å². The number of aliphatic hydroxyl groups excluding tert-OH is 3. The van der Waals surface area contributed by atoms with Gasteiger partial charge in [-0.25, -0.2) is 0 Å². The molecule has 1 aliphatic rings. The lowest BCUT2D eigenvalue weighted by atomic mass is 9.94. The molecule has 1 heterocycles. The van der Waals surface area contributed by atoms with E-state index in [1.54, 1.807) is 6.08 Å². The third kappa shape index (κ3) is 7.01. The second kappa shape index (κ2) is 11.8. The highest BCUT2D eigenvalue weighted by atomic mass is 16.5. The predicted octanol–water partition coefficient (Wildman–Crippen LogP) is 2.42. The van der Waals surface area contributed by atoms with E-state index < -0.39 is 36.4 Å². The molecule has 2 aromatic rings. The third-order valence-corrected chi connectivity index (χ3v) is 6.12. The zero-order valence-corrected chi connectivity index (χ0v) is 21.1. The first-order valence-corrected chi connectivity index (χ1v) is 12.1. The summed E-state index contributed by atoms with van der Waals surface area (Å²) in [6.07, 6.45) is -2.31. The number of methoxy groups -OCH3 is 1. The number of carbonyl (C=O) groups excluding carboxylic acids is 2. The number of fused-ring (bicyclic) bond motifs is 1. The van der Waals surface area contributed by atoms with Crippen molar-refractivity contribution in [2.75, 3.05) is 12.4 Å². The van der Waals surface area contributed by atoms with E-state index in [1.807, 2.05) is 69.3 Å². The van der Waals surface area contributed by atoms with Crippen LogP contribution in [0.5, 0.6) is 0 Å². The van der Waals surface area contributed by atoms with Gasteiger partial charge in [0.15, 0.2) is 6.10 Å². The summed E-state index contributed by atoms with van der Waals surface area (Å²) in [6.45, 7) is 5.76. The Kier molecular flexibility index (Phi) is 9.03. The summed E-state index contributed by atoms with van der Waals surface area (Å²) in [4.78, 5) is 25.8. The molecular formula is C28H36N2O6. The van der Waals surface area contributed by atoms with Gasteiger partial charge in [0, 0.05) is 12.8 Å². The van der Waals surface area contributed by atoms with Crippen molar-refractivity contribution >= 4 is 17.5 Å². The van der Waals surface area contributed by atoms with E-state index in [0.717, 1.165) is 16.7 Å². The van der Waals surface area contributed by atoms with Gasteiger partial charge < -0.3 is 30.7 Å². The lowest BCUT2D eigenvalue weighted by Crippen LogP contribution is -2.55. The smallest absolute Gasteiger partial charge is 0.252 e. The Balaban J connectivity index is 1.67. The average Bonchev–Trinajstić information content (AvgIpc) is 3.00. The monoisotopic (exact) mass is 496 g/mol. The first-order chi connectivity index (χ1) is 17.0. The van der Waals surface area contributed by atoms with Crippen LogP contribution in [0.25, 0.3) is 11.1 Å². The van der Waals surface area contributed by atoms with Crippen LogP contribution in [0.3, 0.4) is 0 Å². The molecule has 5 N–H and O–H groups in total. The minimum absolute atomic E-state index is 0.240. The standard InChI is InChI=1S/C28H36N2O6/c1-28(2,3)15-14-22(31)23(32)24(33)25(36-4)27(35)30-21-13-11-19-16-18(17-8-6-5-7-9-17)10-12-20(19)29-26(21)34/h5-10,12,14-16,21-25,31-33H,11,13H2,1-4H3,(H,29,34)(H,30,35)/t21?,22-,23+,24-,25-/m1/s1. The Hall–Kier alpha value is -3.04. The minimum atomic E-state index is -1.71. The molecule has 0 radical (unpaired) electrons. The Morgan fingerprint density at radius 1 is 1.08 bits per heavy atom. The van der Waals surface area contributed by atoms with Gasteiger partial charge in [0.05, 0.1) is 0 Å². The highest BCUT2D eigenvalue weighted by molar-refractivity contribution is 5.99. The molecule has 0 bridgehead atoms. The largest absolute Gasteiger partial charge is 0.387 e. The van der Waals surface area contributed by atoms with Crippen molar-refractivity contribution in [1.29, 1.82) is 0 Å². The van der Waals surface area contributed by atoms with Crippen LogP contribution in [-0.4, -0.2) is 64.7 Å². The van der Waals surface area contributed by atoms with E-state index in [4.69, 9.17) is 4.74 Å². The molecule has 36 heavy (non-hydrogen) atoms. The van der Waals surface area contributed by atoms with Gasteiger partial charge in [0.25, 0.3) is 5.91 Å². The van der Waals surface area contributed by atoms with E-state index in [2.05, 4.69) is 10.6 Å². The van der Waals surface area contributed by atoms with Gasteiger partial charge in [-0.15, -0.1) is 0 Å². The molecule has 0 aliphatic carbocycles. The number of ether oxygens (including phenoxy) is 1. The topological polar surface area (TPSA) is 128 Å². The molecule has 0 saturated heterocycles. The lowest BCUT2D eigenvalue weighted by molar-refractivity contribution is -0.150. The zero-order valence-electron chi connectivity index (χ0n) is 21.1. The van der Waals surface area contributed by atoms with Crippen molar-refractivity contribution in [2.45, 2.75) is 64.1 Å². The number of nitrogens with one attached hydrogen (secondary N) is 2. The number of anilines is 1. The summed E-state index contributed by atoms with van der Waals surface area (Å²) in [7, 11) is 1.21. The maximum absolute atomic E-state index is 12.9. The summed E-state index contributed by atoms with van der Waals surface area (Å²) >= 11 is 0. The van der Waals surface area contributed by atoms with Gasteiger partial charge in [0.2, 0.25) is 5.91 Å². The number of benzene rings is 2. The molecule has 0 fully saturated rings. The summed E-state index contributed by atoms with van der Waals surface area (Å²) in [5.74, 6) is -1.14. The molecule has 0 aromatic heterocycles. The summed E-state index contributed by atoms with van der Waals surface area (Å²) < 4.78 is 5.14. The quantitative estimate of drug-likeness (QED) is 0.357. The van der Waals surface area contributed by atoms with Gasteiger partial charge in [0.1, 0.15) is 24.4 Å². The highest BCUT2D eigenvalue weighted by Crippen LogP contribution is 2.28. The van der Waals surface area contributed by atoms with Crippen LogP contribution in [0.15, 0.2) is 60.7 Å². The van der Waals surface area contributed by atoms with E-state index in [0.29, 0.717) is 18.5 Å². The fourth-order valence-corrected chi connectivity index (χ4v) is 4.06. The molecule has 3 rings (SSSR count). The molecule has 194 valence electrons. The van der Waals surface area contributed by atoms with Crippen LogP contribution in [0, 0.1) is 5.41 Å². The van der Waals surface area contributed by atoms with Gasteiger partial charge in [-0.1, -0.05) is 69.3 Å². The van der Waals surface area contributed by atoms with E-state index in [-0.39, 0.29) is 11.3 Å². The number of hydrogen-bond donors (Lipinski definition) is 5. The van der Waals surface area contributed by atoms with Gasteiger partial charge in [-0.2, -0.15) is 0 Å². The normalized spacial score (nSPS) is 19.5. The molecule has 1 aliphatic heterocycles. The molecule has 8 heteroatoms. The summed E-state index contributed by atoms with van der Waals surface area (Å²) in [5.41, 5.74) is 3.49. The number of carbonyl (C=O) groups is 2. The molecule has 8 nitrogen and oxygen atoms in total. The first-order valence-electron chi connectivity index (χ1n) is 12.1. The van der Waals surface area contributed by atoms with E-state index in [1.165, 1.54) is 13.2 Å². The fourth-order valence-electron chi connectivity index (χ4n) is 4.06.